The highest BCUT2D eigenvalue weighted by Gasteiger charge is 2.04. The van der Waals surface area contributed by atoms with Gasteiger partial charge in [-0.2, -0.15) is 0 Å². The van der Waals surface area contributed by atoms with Crippen LogP contribution in [0.5, 0.6) is 0 Å². The maximum Gasteiger partial charge on any atom is 0.222 e. The van der Waals surface area contributed by atoms with Crippen LogP contribution >= 0.6 is 0 Å². The van der Waals surface area contributed by atoms with Crippen LogP contribution in [-0.4, -0.2) is 44.7 Å². The fourth-order valence-electron chi connectivity index (χ4n) is 0.988. The number of hydrogen-bond acceptors (Lipinski definition) is 4. The molecule has 0 aliphatic carbocycles. The van der Waals surface area contributed by atoms with Gasteiger partial charge in [0, 0.05) is 18.9 Å². The summed E-state index contributed by atoms with van der Waals surface area (Å²) in [6, 6.07) is 0. The number of amides is 1. The molecule has 0 aliphatic heterocycles. The van der Waals surface area contributed by atoms with Crippen LogP contribution in [0.1, 0.15) is 41.0 Å². The van der Waals surface area contributed by atoms with Gasteiger partial charge in [-0.15, -0.1) is 0 Å². The third-order valence-electron chi connectivity index (χ3n) is 2.04. The SMILES string of the molecule is CC.CC(=O)CCOCCOCCNC(=O)C(C)C. The van der Waals surface area contributed by atoms with E-state index in [1.807, 2.05) is 27.7 Å². The van der Waals surface area contributed by atoms with Crippen LogP contribution in [0, 0.1) is 5.92 Å². The summed E-state index contributed by atoms with van der Waals surface area (Å²) in [5, 5.41) is 2.75. The van der Waals surface area contributed by atoms with E-state index in [-0.39, 0.29) is 17.6 Å². The highest BCUT2D eigenvalue weighted by molar-refractivity contribution is 5.77. The molecule has 0 heterocycles. The van der Waals surface area contributed by atoms with Crippen molar-refractivity contribution in [2.45, 2.75) is 41.0 Å². The zero-order chi connectivity index (χ0) is 15.1. The van der Waals surface area contributed by atoms with Crippen LogP contribution in [0.2, 0.25) is 0 Å². The van der Waals surface area contributed by atoms with Crippen LogP contribution in [0.25, 0.3) is 0 Å². The van der Waals surface area contributed by atoms with Crippen LogP contribution in [0.4, 0.5) is 0 Å². The van der Waals surface area contributed by atoms with Gasteiger partial charge in [-0.25, -0.2) is 0 Å². The van der Waals surface area contributed by atoms with E-state index in [1.54, 1.807) is 0 Å². The quantitative estimate of drug-likeness (QED) is 0.617. The van der Waals surface area contributed by atoms with Crippen molar-refractivity contribution in [3.8, 4) is 0 Å². The van der Waals surface area contributed by atoms with Crippen molar-refractivity contribution in [2.75, 3.05) is 33.0 Å². The van der Waals surface area contributed by atoms with Crippen molar-refractivity contribution in [2.24, 2.45) is 5.92 Å². The highest BCUT2D eigenvalue weighted by Crippen LogP contribution is 1.89. The largest absolute Gasteiger partial charge is 0.379 e. The predicted molar refractivity (Wildman–Crippen MR) is 76.1 cm³/mol. The molecule has 114 valence electrons. The first-order valence-electron chi connectivity index (χ1n) is 6.96. The van der Waals surface area contributed by atoms with Crippen molar-refractivity contribution in [1.29, 1.82) is 0 Å². The maximum absolute atomic E-state index is 11.2. The molecule has 0 aliphatic rings. The van der Waals surface area contributed by atoms with Crippen LogP contribution in [0.3, 0.4) is 0 Å². The van der Waals surface area contributed by atoms with Crippen LogP contribution in [-0.2, 0) is 19.1 Å². The Morgan fingerprint density at radius 3 is 2.00 bits per heavy atom. The summed E-state index contributed by atoms with van der Waals surface area (Å²) < 4.78 is 10.4. The summed E-state index contributed by atoms with van der Waals surface area (Å²) in [7, 11) is 0. The molecule has 0 unspecified atom stereocenters. The number of ether oxygens (including phenoxy) is 2. The second-order valence-corrected chi connectivity index (χ2v) is 4.12. The average Bonchev–Trinajstić information content (AvgIpc) is 2.38. The van der Waals surface area contributed by atoms with E-state index >= 15 is 0 Å². The number of rotatable bonds is 10. The van der Waals surface area contributed by atoms with Gasteiger partial charge in [0.05, 0.1) is 26.4 Å². The van der Waals surface area contributed by atoms with Crippen molar-refractivity contribution in [3.05, 3.63) is 0 Å². The van der Waals surface area contributed by atoms with Crippen LogP contribution < -0.4 is 5.32 Å². The molecular weight excluding hydrogens is 246 g/mol. The lowest BCUT2D eigenvalue weighted by molar-refractivity contribution is -0.124. The van der Waals surface area contributed by atoms with Gasteiger partial charge in [-0.1, -0.05) is 27.7 Å². The number of hydrogen-bond donors (Lipinski definition) is 1. The molecule has 0 saturated carbocycles. The van der Waals surface area contributed by atoms with Gasteiger partial charge in [0.25, 0.3) is 0 Å². The summed E-state index contributed by atoms with van der Waals surface area (Å²) in [6.45, 7) is 11.6. The fourth-order valence-corrected chi connectivity index (χ4v) is 0.988. The standard InChI is InChI=1S/C12H23NO4.C2H6/c1-10(2)12(15)13-5-7-17-9-8-16-6-4-11(3)14;1-2/h10H,4-9H2,1-3H3,(H,13,15);1-2H3. The zero-order valence-corrected chi connectivity index (χ0v) is 13.0. The minimum atomic E-state index is 0.00455. The van der Waals surface area contributed by atoms with Gasteiger partial charge >= 0.3 is 0 Å². The predicted octanol–water partition coefficient (Wildman–Crippen LogP) is 1.80. The summed E-state index contributed by atoms with van der Waals surface area (Å²) in [4.78, 5) is 21.7. The first kappa shape index (κ1) is 20.4. The Balaban J connectivity index is 0. The van der Waals surface area contributed by atoms with Gasteiger partial charge in [0.1, 0.15) is 5.78 Å². The minimum absolute atomic E-state index is 0.00455. The minimum Gasteiger partial charge on any atom is -0.379 e. The van der Waals surface area contributed by atoms with Crippen molar-refractivity contribution in [3.63, 3.8) is 0 Å². The molecule has 0 rings (SSSR count). The lowest BCUT2D eigenvalue weighted by atomic mass is 10.2. The van der Waals surface area contributed by atoms with Gasteiger partial charge in [-0.05, 0) is 6.92 Å². The lowest BCUT2D eigenvalue weighted by Crippen LogP contribution is -2.31. The number of ketones is 1. The second kappa shape index (κ2) is 15.1. The van der Waals surface area contributed by atoms with E-state index in [2.05, 4.69) is 5.32 Å². The molecule has 0 radical (unpaired) electrons. The monoisotopic (exact) mass is 275 g/mol. The smallest absolute Gasteiger partial charge is 0.222 e. The third kappa shape index (κ3) is 17.1. The average molecular weight is 275 g/mol. The number of carbonyl (C=O) groups excluding carboxylic acids is 2. The molecule has 1 N–H and O–H groups in total. The number of carbonyl (C=O) groups is 2. The molecule has 0 aromatic heterocycles. The Morgan fingerprint density at radius 2 is 1.53 bits per heavy atom. The van der Waals surface area contributed by atoms with Crippen molar-refractivity contribution in [1.82, 2.24) is 5.32 Å². The van der Waals surface area contributed by atoms with Gasteiger partial charge in [0.15, 0.2) is 0 Å². The molecule has 0 fully saturated rings. The molecule has 19 heavy (non-hydrogen) atoms. The Hall–Kier alpha value is -0.940. The molecule has 0 atom stereocenters. The molecule has 0 saturated heterocycles. The number of nitrogens with one attached hydrogen (secondary N) is 1. The molecule has 0 spiro atoms. The van der Waals surface area contributed by atoms with Gasteiger partial charge in [-0.3, -0.25) is 9.59 Å². The Morgan fingerprint density at radius 1 is 1.00 bits per heavy atom. The molecule has 1 amide bonds. The Bertz CT molecular complexity index is 229. The summed E-state index contributed by atoms with van der Waals surface area (Å²) in [5.74, 6) is 0.165. The first-order chi connectivity index (χ1) is 9.04. The van der Waals surface area contributed by atoms with Crippen molar-refractivity contribution >= 4 is 11.7 Å². The normalized spacial score (nSPS) is 9.79. The van der Waals surface area contributed by atoms with E-state index in [9.17, 15) is 9.59 Å². The summed E-state index contributed by atoms with van der Waals surface area (Å²) in [5.41, 5.74) is 0. The van der Waals surface area contributed by atoms with E-state index < -0.39 is 0 Å². The van der Waals surface area contributed by atoms with E-state index in [1.165, 1.54) is 6.92 Å². The van der Waals surface area contributed by atoms with E-state index in [4.69, 9.17) is 9.47 Å². The van der Waals surface area contributed by atoms with Gasteiger partial charge < -0.3 is 14.8 Å². The lowest BCUT2D eigenvalue weighted by Gasteiger charge is -2.08. The molecule has 0 aromatic rings. The Labute approximate surface area is 117 Å². The molecule has 5 heteroatoms. The fraction of sp³-hybridized carbons (Fsp3) is 0.857. The van der Waals surface area contributed by atoms with Gasteiger partial charge in [0.2, 0.25) is 5.91 Å². The molecule has 0 bridgehead atoms. The highest BCUT2D eigenvalue weighted by atomic mass is 16.5. The topological polar surface area (TPSA) is 64.6 Å². The number of Topliss-reactive ketones (excluding diaryl/α,β-unsaturated/α-hetero) is 1. The molecule has 0 aromatic carbocycles. The first-order valence-corrected chi connectivity index (χ1v) is 6.96. The zero-order valence-electron chi connectivity index (χ0n) is 13.0. The maximum atomic E-state index is 11.2. The Kier molecular flexibility index (Phi) is 16.2. The van der Waals surface area contributed by atoms with Crippen molar-refractivity contribution < 1.29 is 19.1 Å². The summed E-state index contributed by atoms with van der Waals surface area (Å²) >= 11 is 0. The molecular formula is C14H29NO4. The van der Waals surface area contributed by atoms with E-state index in [0.29, 0.717) is 39.4 Å². The van der Waals surface area contributed by atoms with Crippen LogP contribution in [0.15, 0.2) is 0 Å². The molecule has 5 nitrogen and oxygen atoms in total. The van der Waals surface area contributed by atoms with E-state index in [0.717, 1.165) is 0 Å². The summed E-state index contributed by atoms with van der Waals surface area (Å²) in [6.07, 6.45) is 0.449. The second-order valence-electron chi connectivity index (χ2n) is 4.12. The third-order valence-corrected chi connectivity index (χ3v) is 2.04.